The average molecular weight is 313 g/mol. The van der Waals surface area contributed by atoms with Crippen molar-refractivity contribution in [1.29, 1.82) is 0 Å². The number of carbonyl (C=O) groups excluding carboxylic acids is 1. The number of hydrazone groups is 1. The van der Waals surface area contributed by atoms with Crippen LogP contribution in [0.4, 0.5) is 5.69 Å². The van der Waals surface area contributed by atoms with Crippen LogP contribution in [0.3, 0.4) is 0 Å². The maximum atomic E-state index is 12.2. The van der Waals surface area contributed by atoms with Gasteiger partial charge in [0, 0.05) is 24.7 Å². The molecule has 0 aliphatic heterocycles. The second-order valence-electron chi connectivity index (χ2n) is 6.64. The van der Waals surface area contributed by atoms with Crippen molar-refractivity contribution in [2.24, 2.45) is 22.9 Å². The third-order valence-corrected chi connectivity index (χ3v) is 5.37. The number of nitrogens with one attached hydrogen (secondary N) is 1. The molecule has 0 radical (unpaired) electrons. The SMILES string of the molecule is CCN(CC)c1ccc(C=NNC(=O)C2[C@@H]3CCCC[C@@H]23)cc1. The molecular weight excluding hydrogens is 286 g/mol. The quantitative estimate of drug-likeness (QED) is 0.646. The fraction of sp³-hybridized carbons (Fsp3) is 0.579. The van der Waals surface area contributed by atoms with Gasteiger partial charge in [0.2, 0.25) is 5.91 Å². The molecule has 23 heavy (non-hydrogen) atoms. The van der Waals surface area contributed by atoms with E-state index in [2.05, 4.69) is 41.4 Å². The molecule has 4 heteroatoms. The lowest BCUT2D eigenvalue weighted by Gasteiger charge is -2.20. The van der Waals surface area contributed by atoms with E-state index in [0.29, 0.717) is 11.8 Å². The molecule has 1 aromatic carbocycles. The summed E-state index contributed by atoms with van der Waals surface area (Å²) in [5, 5.41) is 4.14. The minimum absolute atomic E-state index is 0.109. The summed E-state index contributed by atoms with van der Waals surface area (Å²) < 4.78 is 0. The molecule has 0 aromatic heterocycles. The van der Waals surface area contributed by atoms with Crippen LogP contribution in [0.15, 0.2) is 29.4 Å². The van der Waals surface area contributed by atoms with Crippen LogP contribution in [0.2, 0.25) is 0 Å². The third kappa shape index (κ3) is 3.57. The number of hydrogen-bond donors (Lipinski definition) is 1. The standard InChI is InChI=1S/C19H27N3O/c1-3-22(4-2)15-11-9-14(10-12-15)13-20-21-19(23)18-16-7-5-6-8-17(16)18/h9-13,16-18H,3-8H2,1-2H3,(H,21,23)/t16-,17-/m1/s1. The molecule has 2 atom stereocenters. The zero-order valence-corrected chi connectivity index (χ0v) is 14.2. The van der Waals surface area contributed by atoms with Crippen LogP contribution in [0.5, 0.6) is 0 Å². The van der Waals surface area contributed by atoms with Gasteiger partial charge in [-0.2, -0.15) is 5.10 Å². The van der Waals surface area contributed by atoms with Crippen LogP contribution in [0, 0.1) is 17.8 Å². The van der Waals surface area contributed by atoms with Crippen molar-refractivity contribution < 1.29 is 4.79 Å². The largest absolute Gasteiger partial charge is 0.372 e. The van der Waals surface area contributed by atoms with Crippen molar-refractivity contribution in [2.75, 3.05) is 18.0 Å². The molecule has 4 nitrogen and oxygen atoms in total. The average Bonchev–Trinajstić information content (AvgIpc) is 3.32. The van der Waals surface area contributed by atoms with E-state index in [9.17, 15) is 4.79 Å². The zero-order chi connectivity index (χ0) is 16.2. The first kappa shape index (κ1) is 16.0. The number of rotatable bonds is 6. The fourth-order valence-corrected chi connectivity index (χ4v) is 3.99. The van der Waals surface area contributed by atoms with Crippen LogP contribution in [0.25, 0.3) is 0 Å². The first-order valence-corrected chi connectivity index (χ1v) is 8.92. The summed E-state index contributed by atoms with van der Waals surface area (Å²) in [4.78, 5) is 14.5. The molecule has 0 spiro atoms. The lowest BCUT2D eigenvalue weighted by atomic mass is 10.0. The van der Waals surface area contributed by atoms with Gasteiger partial charge in [-0.15, -0.1) is 0 Å². The van der Waals surface area contributed by atoms with Gasteiger partial charge in [-0.25, -0.2) is 5.43 Å². The summed E-state index contributed by atoms with van der Waals surface area (Å²) in [6.07, 6.45) is 6.74. The molecule has 2 fully saturated rings. The molecule has 2 aliphatic rings. The van der Waals surface area contributed by atoms with E-state index in [0.717, 1.165) is 18.7 Å². The number of benzene rings is 1. The summed E-state index contributed by atoms with van der Waals surface area (Å²) in [6, 6.07) is 8.29. The van der Waals surface area contributed by atoms with E-state index in [1.54, 1.807) is 6.21 Å². The molecular formula is C19H27N3O. The van der Waals surface area contributed by atoms with Gasteiger partial charge in [0.25, 0.3) is 0 Å². The second kappa shape index (κ2) is 7.16. The molecule has 1 amide bonds. The highest BCUT2D eigenvalue weighted by molar-refractivity contribution is 5.85. The Morgan fingerprint density at radius 2 is 1.78 bits per heavy atom. The fourth-order valence-electron chi connectivity index (χ4n) is 3.99. The van der Waals surface area contributed by atoms with Crippen molar-refractivity contribution in [3.63, 3.8) is 0 Å². The summed E-state index contributed by atoms with van der Waals surface area (Å²) >= 11 is 0. The number of fused-ring (bicyclic) bond motifs is 1. The molecule has 124 valence electrons. The van der Waals surface area contributed by atoms with Gasteiger partial charge >= 0.3 is 0 Å². The Morgan fingerprint density at radius 1 is 1.17 bits per heavy atom. The van der Waals surface area contributed by atoms with Crippen molar-refractivity contribution >= 4 is 17.8 Å². The third-order valence-electron chi connectivity index (χ3n) is 5.37. The van der Waals surface area contributed by atoms with Gasteiger partial charge < -0.3 is 4.90 Å². The Bertz CT molecular complexity index is 550. The number of amides is 1. The number of nitrogens with zero attached hydrogens (tertiary/aromatic N) is 2. The van der Waals surface area contributed by atoms with Crippen molar-refractivity contribution in [1.82, 2.24) is 5.43 Å². The van der Waals surface area contributed by atoms with Crippen LogP contribution in [0.1, 0.15) is 45.1 Å². The Kier molecular flexibility index (Phi) is 4.99. The summed E-state index contributed by atoms with van der Waals surface area (Å²) in [5.41, 5.74) is 4.96. The number of hydrogen-bond acceptors (Lipinski definition) is 3. The van der Waals surface area contributed by atoms with E-state index in [1.807, 2.05) is 12.1 Å². The van der Waals surface area contributed by atoms with E-state index < -0.39 is 0 Å². The van der Waals surface area contributed by atoms with Crippen LogP contribution in [-0.4, -0.2) is 25.2 Å². The van der Waals surface area contributed by atoms with Crippen molar-refractivity contribution in [3.8, 4) is 0 Å². The second-order valence-corrected chi connectivity index (χ2v) is 6.64. The van der Waals surface area contributed by atoms with Crippen LogP contribution < -0.4 is 10.3 Å². The maximum absolute atomic E-state index is 12.2. The molecule has 0 bridgehead atoms. The van der Waals surface area contributed by atoms with Gasteiger partial charge in [0.05, 0.1) is 6.21 Å². The predicted octanol–water partition coefficient (Wildman–Crippen LogP) is 3.42. The summed E-state index contributed by atoms with van der Waals surface area (Å²) in [5.74, 6) is 1.59. The predicted molar refractivity (Wildman–Crippen MR) is 94.7 cm³/mol. The molecule has 2 aliphatic carbocycles. The molecule has 2 saturated carbocycles. The summed E-state index contributed by atoms with van der Waals surface area (Å²) in [6.45, 7) is 6.32. The van der Waals surface area contributed by atoms with E-state index in [4.69, 9.17) is 0 Å². The highest BCUT2D eigenvalue weighted by atomic mass is 16.2. The Hall–Kier alpha value is -1.84. The molecule has 1 N–H and O–H groups in total. The first-order valence-electron chi connectivity index (χ1n) is 8.92. The van der Waals surface area contributed by atoms with Gasteiger partial charge in [-0.05, 0) is 56.2 Å². The highest BCUT2D eigenvalue weighted by Gasteiger charge is 2.54. The maximum Gasteiger partial charge on any atom is 0.243 e. The number of carbonyl (C=O) groups is 1. The Labute approximate surface area is 139 Å². The van der Waals surface area contributed by atoms with Gasteiger partial charge in [0.1, 0.15) is 0 Å². The monoisotopic (exact) mass is 313 g/mol. The molecule has 0 heterocycles. The zero-order valence-electron chi connectivity index (χ0n) is 14.2. The summed E-state index contributed by atoms with van der Waals surface area (Å²) in [7, 11) is 0. The Morgan fingerprint density at radius 3 is 2.35 bits per heavy atom. The Balaban J connectivity index is 1.51. The topological polar surface area (TPSA) is 44.7 Å². The van der Waals surface area contributed by atoms with Gasteiger partial charge in [-0.1, -0.05) is 25.0 Å². The molecule has 1 aromatic rings. The number of anilines is 1. The van der Waals surface area contributed by atoms with E-state index >= 15 is 0 Å². The normalized spacial score (nSPS) is 25.9. The van der Waals surface area contributed by atoms with Crippen LogP contribution >= 0.6 is 0 Å². The lowest BCUT2D eigenvalue weighted by molar-refractivity contribution is -0.122. The minimum Gasteiger partial charge on any atom is -0.372 e. The highest BCUT2D eigenvalue weighted by Crippen LogP contribution is 2.55. The smallest absolute Gasteiger partial charge is 0.243 e. The molecule has 3 rings (SSSR count). The lowest BCUT2D eigenvalue weighted by Crippen LogP contribution is -2.21. The van der Waals surface area contributed by atoms with Crippen molar-refractivity contribution in [2.45, 2.75) is 39.5 Å². The molecule has 0 unspecified atom stereocenters. The van der Waals surface area contributed by atoms with E-state index in [-0.39, 0.29) is 11.8 Å². The first-order chi connectivity index (χ1) is 11.2. The van der Waals surface area contributed by atoms with Gasteiger partial charge in [-0.3, -0.25) is 4.79 Å². The van der Waals surface area contributed by atoms with Crippen LogP contribution in [-0.2, 0) is 4.79 Å². The minimum atomic E-state index is 0.109. The van der Waals surface area contributed by atoms with Gasteiger partial charge in [0.15, 0.2) is 0 Å². The van der Waals surface area contributed by atoms with E-state index in [1.165, 1.54) is 31.4 Å². The molecule has 0 saturated heterocycles. The van der Waals surface area contributed by atoms with Crippen molar-refractivity contribution in [3.05, 3.63) is 29.8 Å².